The topological polar surface area (TPSA) is 43.8 Å². The van der Waals surface area contributed by atoms with Crippen molar-refractivity contribution >= 4 is 5.82 Å². The Balaban J connectivity index is 2.81. The van der Waals surface area contributed by atoms with Gasteiger partial charge in [-0.25, -0.2) is 0 Å². The molecular formula is C7H13N3. The highest BCUT2D eigenvalue weighted by atomic mass is 15.3. The molecule has 2 N–H and O–H groups in total. The van der Waals surface area contributed by atoms with Gasteiger partial charge in [0.05, 0.1) is 0 Å². The Labute approximate surface area is 60.8 Å². The Morgan fingerprint density at radius 3 is 2.80 bits per heavy atom. The molecule has 0 spiro atoms. The Morgan fingerprint density at radius 1 is 1.70 bits per heavy atom. The van der Waals surface area contributed by atoms with Gasteiger partial charge in [-0.3, -0.25) is 4.68 Å². The molecule has 3 nitrogen and oxygen atoms in total. The van der Waals surface area contributed by atoms with E-state index in [-0.39, 0.29) is 0 Å². The molecule has 0 amide bonds. The van der Waals surface area contributed by atoms with Crippen LogP contribution in [0.3, 0.4) is 0 Å². The first-order chi connectivity index (χ1) is 4.74. The molecule has 10 heavy (non-hydrogen) atoms. The van der Waals surface area contributed by atoms with Gasteiger partial charge >= 0.3 is 0 Å². The first-order valence-corrected chi connectivity index (χ1v) is 3.52. The Kier molecular flexibility index (Phi) is 1.94. The van der Waals surface area contributed by atoms with Crippen molar-refractivity contribution in [2.75, 3.05) is 5.73 Å². The number of nitrogen functional groups attached to an aromatic ring is 1. The van der Waals surface area contributed by atoms with Crippen LogP contribution in [0.15, 0.2) is 6.07 Å². The van der Waals surface area contributed by atoms with Crippen LogP contribution < -0.4 is 5.73 Å². The standard InChI is InChI=1S/C7H13N3/c1-3-4-6-5-7(8)9-10(6)2/h5H,3-4H2,1-2H3,(H2,8,9). The van der Waals surface area contributed by atoms with E-state index in [2.05, 4.69) is 12.0 Å². The highest BCUT2D eigenvalue weighted by Crippen LogP contribution is 2.05. The lowest BCUT2D eigenvalue weighted by atomic mass is 10.2. The summed E-state index contributed by atoms with van der Waals surface area (Å²) in [6.07, 6.45) is 2.19. The third-order valence-electron chi connectivity index (χ3n) is 1.50. The van der Waals surface area contributed by atoms with Crippen LogP contribution >= 0.6 is 0 Å². The number of nitrogens with two attached hydrogens (primary N) is 1. The molecule has 0 aliphatic heterocycles. The SMILES string of the molecule is CCCc1cc(N)nn1C. The quantitative estimate of drug-likeness (QED) is 0.663. The average Bonchev–Trinajstić information content (AvgIpc) is 2.13. The van der Waals surface area contributed by atoms with Gasteiger partial charge in [-0.2, -0.15) is 5.10 Å². The minimum Gasteiger partial charge on any atom is -0.382 e. The van der Waals surface area contributed by atoms with E-state index in [1.165, 1.54) is 5.69 Å². The normalized spacial score (nSPS) is 10.2. The maximum absolute atomic E-state index is 5.48. The predicted octanol–water partition coefficient (Wildman–Crippen LogP) is 0.955. The van der Waals surface area contributed by atoms with Crippen LogP contribution in [0.25, 0.3) is 0 Å². The van der Waals surface area contributed by atoms with Gasteiger partial charge in [0.1, 0.15) is 5.82 Å². The maximum Gasteiger partial charge on any atom is 0.145 e. The van der Waals surface area contributed by atoms with Crippen molar-refractivity contribution in [2.45, 2.75) is 19.8 Å². The van der Waals surface area contributed by atoms with E-state index < -0.39 is 0 Å². The number of hydrogen-bond acceptors (Lipinski definition) is 2. The number of anilines is 1. The van der Waals surface area contributed by atoms with E-state index in [4.69, 9.17) is 5.73 Å². The second-order valence-corrected chi connectivity index (χ2v) is 2.43. The molecule has 1 rings (SSSR count). The summed E-state index contributed by atoms with van der Waals surface area (Å²) in [6, 6.07) is 1.92. The molecule has 1 aromatic heterocycles. The second-order valence-electron chi connectivity index (χ2n) is 2.43. The van der Waals surface area contributed by atoms with Gasteiger partial charge < -0.3 is 5.73 Å². The first-order valence-electron chi connectivity index (χ1n) is 3.52. The fraction of sp³-hybridized carbons (Fsp3) is 0.571. The van der Waals surface area contributed by atoms with Crippen LogP contribution in [-0.4, -0.2) is 9.78 Å². The molecule has 0 radical (unpaired) electrons. The average molecular weight is 139 g/mol. The van der Waals surface area contributed by atoms with Gasteiger partial charge in [0.2, 0.25) is 0 Å². The zero-order valence-corrected chi connectivity index (χ0v) is 6.46. The number of aromatic nitrogens is 2. The van der Waals surface area contributed by atoms with Crippen LogP contribution in [0.1, 0.15) is 19.0 Å². The van der Waals surface area contributed by atoms with Gasteiger partial charge in [0.25, 0.3) is 0 Å². The minimum absolute atomic E-state index is 0.617. The molecule has 0 unspecified atom stereocenters. The summed E-state index contributed by atoms with van der Waals surface area (Å²) >= 11 is 0. The number of aryl methyl sites for hydroxylation is 2. The summed E-state index contributed by atoms with van der Waals surface area (Å²) in [6.45, 7) is 2.14. The fourth-order valence-corrected chi connectivity index (χ4v) is 1.02. The Bertz CT molecular complexity index is 215. The molecule has 3 heteroatoms. The van der Waals surface area contributed by atoms with E-state index >= 15 is 0 Å². The highest BCUT2D eigenvalue weighted by Gasteiger charge is 1.98. The van der Waals surface area contributed by atoms with Crippen molar-refractivity contribution in [1.29, 1.82) is 0 Å². The summed E-state index contributed by atoms with van der Waals surface area (Å²) < 4.78 is 1.83. The van der Waals surface area contributed by atoms with Crippen molar-refractivity contribution in [3.8, 4) is 0 Å². The molecular weight excluding hydrogens is 126 g/mol. The van der Waals surface area contributed by atoms with E-state index in [9.17, 15) is 0 Å². The Morgan fingerprint density at radius 2 is 2.40 bits per heavy atom. The number of hydrogen-bond donors (Lipinski definition) is 1. The van der Waals surface area contributed by atoms with Crippen LogP contribution in [0.4, 0.5) is 5.82 Å². The van der Waals surface area contributed by atoms with E-state index in [0.29, 0.717) is 5.82 Å². The third-order valence-corrected chi connectivity index (χ3v) is 1.50. The van der Waals surface area contributed by atoms with Crippen LogP contribution in [0.2, 0.25) is 0 Å². The van der Waals surface area contributed by atoms with Crippen molar-refractivity contribution in [3.63, 3.8) is 0 Å². The lowest BCUT2D eigenvalue weighted by Gasteiger charge is -1.95. The molecule has 1 aromatic rings. The van der Waals surface area contributed by atoms with Gasteiger partial charge in [-0.05, 0) is 6.42 Å². The van der Waals surface area contributed by atoms with E-state index in [1.54, 1.807) is 0 Å². The summed E-state index contributed by atoms with van der Waals surface area (Å²) in [7, 11) is 1.92. The number of rotatable bonds is 2. The van der Waals surface area contributed by atoms with Crippen molar-refractivity contribution in [2.24, 2.45) is 7.05 Å². The van der Waals surface area contributed by atoms with E-state index in [1.807, 2.05) is 17.8 Å². The first kappa shape index (κ1) is 7.12. The molecule has 0 aliphatic carbocycles. The third kappa shape index (κ3) is 1.29. The van der Waals surface area contributed by atoms with Crippen molar-refractivity contribution in [1.82, 2.24) is 9.78 Å². The molecule has 0 bridgehead atoms. The summed E-state index contributed by atoms with van der Waals surface area (Å²) in [4.78, 5) is 0. The molecule has 0 aromatic carbocycles. The van der Waals surface area contributed by atoms with Crippen LogP contribution in [0.5, 0.6) is 0 Å². The predicted molar refractivity (Wildman–Crippen MR) is 41.6 cm³/mol. The largest absolute Gasteiger partial charge is 0.382 e. The molecule has 0 saturated carbocycles. The lowest BCUT2D eigenvalue weighted by Crippen LogP contribution is -1.97. The summed E-state index contributed by atoms with van der Waals surface area (Å²) in [5, 5.41) is 4.02. The minimum atomic E-state index is 0.617. The van der Waals surface area contributed by atoms with Gasteiger partial charge in [0, 0.05) is 18.8 Å². The lowest BCUT2D eigenvalue weighted by molar-refractivity contribution is 0.700. The molecule has 1 heterocycles. The Hall–Kier alpha value is -0.990. The van der Waals surface area contributed by atoms with Gasteiger partial charge in [-0.15, -0.1) is 0 Å². The highest BCUT2D eigenvalue weighted by molar-refractivity contribution is 5.29. The van der Waals surface area contributed by atoms with Crippen LogP contribution in [-0.2, 0) is 13.5 Å². The smallest absolute Gasteiger partial charge is 0.145 e. The van der Waals surface area contributed by atoms with Crippen molar-refractivity contribution in [3.05, 3.63) is 11.8 Å². The van der Waals surface area contributed by atoms with Gasteiger partial charge in [0.15, 0.2) is 0 Å². The van der Waals surface area contributed by atoms with Gasteiger partial charge in [-0.1, -0.05) is 13.3 Å². The molecule has 0 atom stereocenters. The molecule has 0 aliphatic rings. The number of nitrogens with zero attached hydrogens (tertiary/aromatic N) is 2. The zero-order valence-electron chi connectivity index (χ0n) is 6.46. The summed E-state index contributed by atoms with van der Waals surface area (Å²) in [5.74, 6) is 0.617. The zero-order chi connectivity index (χ0) is 7.56. The van der Waals surface area contributed by atoms with Crippen LogP contribution in [0, 0.1) is 0 Å². The van der Waals surface area contributed by atoms with E-state index in [0.717, 1.165) is 12.8 Å². The second kappa shape index (κ2) is 2.73. The van der Waals surface area contributed by atoms with Crippen molar-refractivity contribution < 1.29 is 0 Å². The summed E-state index contributed by atoms with van der Waals surface area (Å²) in [5.41, 5.74) is 6.69. The molecule has 0 saturated heterocycles. The fourth-order valence-electron chi connectivity index (χ4n) is 1.02. The maximum atomic E-state index is 5.48. The molecule has 56 valence electrons. The monoisotopic (exact) mass is 139 g/mol. The molecule has 0 fully saturated rings.